The molecule has 0 fully saturated rings. The van der Waals surface area contributed by atoms with E-state index in [2.05, 4.69) is 109 Å². The van der Waals surface area contributed by atoms with E-state index >= 15 is 0 Å². The molecular formula is C32H20N2S. The van der Waals surface area contributed by atoms with E-state index in [0.29, 0.717) is 0 Å². The summed E-state index contributed by atoms with van der Waals surface area (Å²) in [6, 6.07) is 42.5. The molecule has 0 unspecified atom stereocenters. The van der Waals surface area contributed by atoms with Crippen molar-refractivity contribution in [2.75, 3.05) is 0 Å². The van der Waals surface area contributed by atoms with Gasteiger partial charge in [0.25, 0.3) is 0 Å². The van der Waals surface area contributed by atoms with E-state index in [-0.39, 0.29) is 0 Å². The molecule has 164 valence electrons. The van der Waals surface area contributed by atoms with Crippen LogP contribution in [0.25, 0.3) is 64.8 Å². The van der Waals surface area contributed by atoms with Gasteiger partial charge in [0.1, 0.15) is 4.83 Å². The Balaban J connectivity index is 1.51. The van der Waals surface area contributed by atoms with Gasteiger partial charge in [0.05, 0.1) is 5.69 Å². The van der Waals surface area contributed by atoms with Crippen molar-refractivity contribution in [3.8, 4) is 33.8 Å². The summed E-state index contributed by atoms with van der Waals surface area (Å²) in [7, 11) is 0. The first-order valence-corrected chi connectivity index (χ1v) is 12.5. The van der Waals surface area contributed by atoms with Gasteiger partial charge in [-0.25, -0.2) is 9.97 Å². The molecular weight excluding hydrogens is 444 g/mol. The Morgan fingerprint density at radius 1 is 0.486 bits per heavy atom. The van der Waals surface area contributed by atoms with Gasteiger partial charge in [0, 0.05) is 26.6 Å². The fraction of sp³-hybridized carbons (Fsp3) is 0. The zero-order valence-corrected chi connectivity index (χ0v) is 19.7. The molecule has 0 aliphatic rings. The summed E-state index contributed by atoms with van der Waals surface area (Å²) in [5.41, 5.74) is 5.46. The molecule has 7 rings (SSSR count). The van der Waals surface area contributed by atoms with Crippen LogP contribution in [0.4, 0.5) is 0 Å². The first kappa shape index (κ1) is 20.1. The van der Waals surface area contributed by atoms with Crippen molar-refractivity contribution < 1.29 is 0 Å². The van der Waals surface area contributed by atoms with Crippen molar-refractivity contribution >= 4 is 42.4 Å². The molecule has 0 aliphatic heterocycles. The van der Waals surface area contributed by atoms with Gasteiger partial charge < -0.3 is 0 Å². The first-order valence-electron chi connectivity index (χ1n) is 11.7. The van der Waals surface area contributed by atoms with Crippen LogP contribution in [0.3, 0.4) is 0 Å². The lowest BCUT2D eigenvalue weighted by atomic mass is 10.0. The van der Waals surface area contributed by atoms with Crippen LogP contribution in [-0.4, -0.2) is 9.97 Å². The number of aromatic nitrogens is 2. The molecule has 0 radical (unpaired) electrons. The average Bonchev–Trinajstić information content (AvgIpc) is 3.29. The predicted octanol–water partition coefficient (Wildman–Crippen LogP) is 9.00. The molecule has 3 heteroatoms. The zero-order valence-electron chi connectivity index (χ0n) is 18.8. The number of hydrogen-bond acceptors (Lipinski definition) is 3. The number of fused-ring (bicyclic) bond motifs is 4. The number of benzene rings is 5. The second kappa shape index (κ2) is 8.15. The number of hydrogen-bond donors (Lipinski definition) is 0. The standard InChI is InChI=1S/C32H20N2S/c1-3-10-21(11-4-1)23-16-9-17-26(18-23)31-33-30(22-12-5-2-6-13-22)29-27-19-24-14-7-8-15-25(24)20-28(27)35-32(29)34-31/h1-20H. The van der Waals surface area contributed by atoms with Crippen LogP contribution in [0.15, 0.2) is 121 Å². The maximum Gasteiger partial charge on any atom is 0.161 e. The normalized spacial score (nSPS) is 11.4. The highest BCUT2D eigenvalue weighted by Crippen LogP contribution is 2.41. The zero-order chi connectivity index (χ0) is 23.2. The van der Waals surface area contributed by atoms with E-state index in [9.17, 15) is 0 Å². The van der Waals surface area contributed by atoms with Crippen molar-refractivity contribution in [2.24, 2.45) is 0 Å². The molecule has 0 bridgehead atoms. The average molecular weight is 465 g/mol. The third-order valence-electron chi connectivity index (χ3n) is 6.47. The van der Waals surface area contributed by atoms with Gasteiger partial charge in [-0.3, -0.25) is 0 Å². The summed E-state index contributed by atoms with van der Waals surface area (Å²) in [5, 5.41) is 4.83. The molecule has 2 nitrogen and oxygen atoms in total. The summed E-state index contributed by atoms with van der Waals surface area (Å²) >= 11 is 1.74. The van der Waals surface area contributed by atoms with Crippen LogP contribution in [0.1, 0.15) is 0 Å². The van der Waals surface area contributed by atoms with Gasteiger partial charge in [-0.15, -0.1) is 11.3 Å². The van der Waals surface area contributed by atoms with Crippen molar-refractivity contribution in [3.63, 3.8) is 0 Å². The molecule has 2 heterocycles. The highest BCUT2D eigenvalue weighted by atomic mass is 32.1. The molecule has 0 saturated heterocycles. The van der Waals surface area contributed by atoms with Crippen molar-refractivity contribution in [1.82, 2.24) is 9.97 Å². The van der Waals surface area contributed by atoms with Gasteiger partial charge in [-0.05, 0) is 40.1 Å². The Hall–Kier alpha value is -4.34. The van der Waals surface area contributed by atoms with Crippen LogP contribution in [0.2, 0.25) is 0 Å². The summed E-state index contributed by atoms with van der Waals surface area (Å²) < 4.78 is 1.24. The summed E-state index contributed by atoms with van der Waals surface area (Å²) in [6.45, 7) is 0. The van der Waals surface area contributed by atoms with Crippen LogP contribution < -0.4 is 0 Å². The number of nitrogens with zero attached hydrogens (tertiary/aromatic N) is 2. The Labute approximate surface area is 207 Å². The minimum absolute atomic E-state index is 0.755. The molecule has 0 N–H and O–H groups in total. The van der Waals surface area contributed by atoms with E-state index < -0.39 is 0 Å². The van der Waals surface area contributed by atoms with Crippen molar-refractivity contribution in [1.29, 1.82) is 0 Å². The van der Waals surface area contributed by atoms with Gasteiger partial charge in [-0.1, -0.05) is 103 Å². The van der Waals surface area contributed by atoms with E-state index in [4.69, 9.17) is 9.97 Å². The SMILES string of the molecule is c1ccc(-c2cccc(-c3nc(-c4ccccc4)c4c(n3)sc3cc5ccccc5cc34)c2)cc1. The van der Waals surface area contributed by atoms with Crippen LogP contribution in [0.5, 0.6) is 0 Å². The minimum Gasteiger partial charge on any atom is -0.227 e. The minimum atomic E-state index is 0.755. The van der Waals surface area contributed by atoms with Crippen LogP contribution >= 0.6 is 11.3 Å². The molecule has 0 atom stereocenters. The smallest absolute Gasteiger partial charge is 0.161 e. The Kier molecular flexibility index (Phi) is 4.68. The highest BCUT2D eigenvalue weighted by Gasteiger charge is 2.17. The molecule has 35 heavy (non-hydrogen) atoms. The monoisotopic (exact) mass is 464 g/mol. The van der Waals surface area contributed by atoms with Gasteiger partial charge in [0.2, 0.25) is 0 Å². The lowest BCUT2D eigenvalue weighted by Crippen LogP contribution is -1.94. The Morgan fingerprint density at radius 3 is 1.89 bits per heavy atom. The third-order valence-corrected chi connectivity index (χ3v) is 7.52. The second-order valence-electron chi connectivity index (χ2n) is 8.69. The van der Waals surface area contributed by atoms with Crippen molar-refractivity contribution in [2.45, 2.75) is 0 Å². The summed E-state index contributed by atoms with van der Waals surface area (Å²) in [6.07, 6.45) is 0. The maximum absolute atomic E-state index is 5.17. The van der Waals surface area contributed by atoms with E-state index in [0.717, 1.165) is 38.4 Å². The maximum atomic E-state index is 5.17. The molecule has 0 spiro atoms. The lowest BCUT2D eigenvalue weighted by molar-refractivity contribution is 1.24. The quantitative estimate of drug-likeness (QED) is 0.261. The molecule has 2 aromatic heterocycles. The van der Waals surface area contributed by atoms with E-state index in [1.54, 1.807) is 11.3 Å². The van der Waals surface area contributed by atoms with E-state index in [1.165, 1.54) is 26.4 Å². The van der Waals surface area contributed by atoms with Gasteiger partial charge in [0.15, 0.2) is 5.82 Å². The summed E-state index contributed by atoms with van der Waals surface area (Å²) in [5.74, 6) is 0.755. The lowest BCUT2D eigenvalue weighted by Gasteiger charge is -2.09. The predicted molar refractivity (Wildman–Crippen MR) is 149 cm³/mol. The molecule has 0 amide bonds. The van der Waals surface area contributed by atoms with Crippen LogP contribution in [0, 0.1) is 0 Å². The van der Waals surface area contributed by atoms with E-state index in [1.807, 2.05) is 12.1 Å². The molecule has 5 aromatic carbocycles. The fourth-order valence-corrected chi connectivity index (χ4v) is 5.87. The molecule has 0 aliphatic carbocycles. The number of rotatable bonds is 3. The van der Waals surface area contributed by atoms with Gasteiger partial charge in [-0.2, -0.15) is 0 Å². The Morgan fingerprint density at radius 2 is 1.11 bits per heavy atom. The van der Waals surface area contributed by atoms with Crippen molar-refractivity contribution in [3.05, 3.63) is 121 Å². The first-order chi connectivity index (χ1) is 17.3. The molecule has 7 aromatic rings. The Bertz CT molecular complexity index is 1840. The number of thiophene rings is 1. The largest absolute Gasteiger partial charge is 0.227 e. The summed E-state index contributed by atoms with van der Waals surface area (Å²) in [4.78, 5) is 11.3. The topological polar surface area (TPSA) is 25.8 Å². The highest BCUT2D eigenvalue weighted by molar-refractivity contribution is 7.25. The fourth-order valence-electron chi connectivity index (χ4n) is 4.76. The third kappa shape index (κ3) is 3.49. The van der Waals surface area contributed by atoms with Gasteiger partial charge >= 0.3 is 0 Å². The molecule has 0 saturated carbocycles. The van der Waals surface area contributed by atoms with Crippen LogP contribution in [-0.2, 0) is 0 Å². The second-order valence-corrected chi connectivity index (χ2v) is 9.72.